The maximum absolute atomic E-state index is 8.44. The second-order valence-electron chi connectivity index (χ2n) is 2.46. The summed E-state index contributed by atoms with van der Waals surface area (Å²) in [5, 5.41) is 17.8. The van der Waals surface area contributed by atoms with Crippen LogP contribution >= 0.6 is 0 Å². The van der Waals surface area contributed by atoms with Gasteiger partial charge in [0.1, 0.15) is 0 Å². The van der Waals surface area contributed by atoms with Gasteiger partial charge in [-0.15, -0.1) is 0 Å². The van der Waals surface area contributed by atoms with E-state index < -0.39 is 6.10 Å². The van der Waals surface area contributed by atoms with Crippen molar-refractivity contribution in [3.63, 3.8) is 0 Å². The molecular formula is C6H11N3O2. The van der Waals surface area contributed by atoms with Crippen molar-refractivity contribution < 1.29 is 10.1 Å². The molecule has 5 nitrogen and oxygen atoms in total. The Hall–Kier alpha value is -0.940. The van der Waals surface area contributed by atoms with Crippen LogP contribution < -0.4 is 0 Å². The van der Waals surface area contributed by atoms with Gasteiger partial charge in [-0.1, -0.05) is 0 Å². The van der Waals surface area contributed by atoms with E-state index >= 15 is 0 Å². The molecule has 1 aliphatic heterocycles. The lowest BCUT2D eigenvalue weighted by atomic mass is 10.1. The predicted octanol–water partition coefficient (Wildman–Crippen LogP) is 0.542. The van der Waals surface area contributed by atoms with Crippen molar-refractivity contribution in [3.8, 4) is 0 Å². The maximum atomic E-state index is 8.44. The topological polar surface area (TPSA) is 57.4 Å². The van der Waals surface area contributed by atoms with Crippen molar-refractivity contribution in [2.24, 2.45) is 10.2 Å². The zero-order valence-corrected chi connectivity index (χ0v) is 6.77. The lowest BCUT2D eigenvalue weighted by molar-refractivity contribution is -0.244. The molecule has 1 heterocycles. The van der Waals surface area contributed by atoms with E-state index in [1.54, 1.807) is 20.9 Å². The normalized spacial score (nSPS) is 19.8. The summed E-state index contributed by atoms with van der Waals surface area (Å²) >= 11 is 0. The number of rotatable bonds is 1. The first-order chi connectivity index (χ1) is 5.15. The Morgan fingerprint density at radius 2 is 1.82 bits per heavy atom. The van der Waals surface area contributed by atoms with Crippen LogP contribution in [0.25, 0.3) is 0 Å². The maximum Gasteiger partial charge on any atom is 0.172 e. The van der Waals surface area contributed by atoms with Crippen LogP contribution in [0.1, 0.15) is 13.8 Å². The molecule has 11 heavy (non-hydrogen) atoms. The van der Waals surface area contributed by atoms with E-state index in [0.717, 1.165) is 0 Å². The highest BCUT2D eigenvalue weighted by Crippen LogP contribution is 2.06. The van der Waals surface area contributed by atoms with Crippen LogP contribution in [0.3, 0.4) is 0 Å². The molecule has 1 aliphatic rings. The van der Waals surface area contributed by atoms with Crippen LogP contribution in [0.2, 0.25) is 0 Å². The molecule has 0 radical (unpaired) electrons. The highest BCUT2D eigenvalue weighted by Gasteiger charge is 2.21. The van der Waals surface area contributed by atoms with Crippen molar-refractivity contribution in [3.05, 3.63) is 0 Å². The molecule has 0 amide bonds. The summed E-state index contributed by atoms with van der Waals surface area (Å²) in [5.41, 5.74) is 1.39. The first-order valence-corrected chi connectivity index (χ1v) is 3.29. The first kappa shape index (κ1) is 8.16. The Morgan fingerprint density at radius 1 is 1.36 bits per heavy atom. The van der Waals surface area contributed by atoms with Gasteiger partial charge in [-0.3, -0.25) is 5.26 Å². The SMILES string of the molecule is CC1=NN(C)N=C(C)C1OO. The molecule has 1 N–H and O–H groups in total. The molecular weight excluding hydrogens is 146 g/mol. The standard InChI is InChI=1S/C6H11N3O2/c1-4-6(11-10)5(2)8-9(3)7-4/h6,10H,1-3H3. The summed E-state index contributed by atoms with van der Waals surface area (Å²) in [6.45, 7) is 3.55. The van der Waals surface area contributed by atoms with Gasteiger partial charge in [0.25, 0.3) is 0 Å². The second-order valence-corrected chi connectivity index (χ2v) is 2.46. The third-order valence-electron chi connectivity index (χ3n) is 1.47. The Bertz CT molecular complexity index is 192. The lowest BCUT2D eigenvalue weighted by Crippen LogP contribution is -2.34. The van der Waals surface area contributed by atoms with E-state index in [0.29, 0.717) is 11.4 Å². The van der Waals surface area contributed by atoms with Gasteiger partial charge < -0.3 is 0 Å². The summed E-state index contributed by atoms with van der Waals surface area (Å²) in [7, 11) is 1.72. The molecule has 0 saturated carbocycles. The highest BCUT2D eigenvalue weighted by atomic mass is 17.1. The molecule has 0 atom stereocenters. The monoisotopic (exact) mass is 157 g/mol. The zero-order chi connectivity index (χ0) is 8.43. The van der Waals surface area contributed by atoms with Gasteiger partial charge in [-0.25, -0.2) is 4.89 Å². The third kappa shape index (κ3) is 1.55. The van der Waals surface area contributed by atoms with Crippen molar-refractivity contribution in [2.45, 2.75) is 20.0 Å². The number of hydrogen-bond donors (Lipinski definition) is 1. The Labute approximate surface area is 64.9 Å². The summed E-state index contributed by atoms with van der Waals surface area (Å²) in [6.07, 6.45) is -0.480. The molecule has 1 rings (SSSR count). The Balaban J connectivity index is 2.82. The van der Waals surface area contributed by atoms with Crippen molar-refractivity contribution >= 4 is 11.4 Å². The first-order valence-electron chi connectivity index (χ1n) is 3.29. The van der Waals surface area contributed by atoms with E-state index in [4.69, 9.17) is 5.26 Å². The highest BCUT2D eigenvalue weighted by molar-refractivity contribution is 6.08. The quantitative estimate of drug-likeness (QED) is 0.446. The number of hydrogen-bond acceptors (Lipinski definition) is 5. The molecule has 0 aliphatic carbocycles. The fourth-order valence-electron chi connectivity index (χ4n) is 1.04. The van der Waals surface area contributed by atoms with E-state index in [9.17, 15) is 0 Å². The average Bonchev–Trinajstić information content (AvgIpc) is 1.85. The fraction of sp³-hybridized carbons (Fsp3) is 0.667. The van der Waals surface area contributed by atoms with Gasteiger partial charge in [0.15, 0.2) is 6.10 Å². The minimum Gasteiger partial charge on any atom is -0.251 e. The van der Waals surface area contributed by atoms with Crippen LogP contribution in [-0.4, -0.2) is 35.0 Å². The predicted molar refractivity (Wildman–Crippen MR) is 41.5 cm³/mol. The smallest absolute Gasteiger partial charge is 0.172 e. The van der Waals surface area contributed by atoms with Crippen LogP contribution in [0, 0.1) is 0 Å². The van der Waals surface area contributed by atoms with Gasteiger partial charge >= 0.3 is 0 Å². The molecule has 62 valence electrons. The molecule has 5 heteroatoms. The largest absolute Gasteiger partial charge is 0.251 e. The van der Waals surface area contributed by atoms with Crippen LogP contribution in [0.5, 0.6) is 0 Å². The lowest BCUT2D eigenvalue weighted by Gasteiger charge is -2.20. The summed E-state index contributed by atoms with van der Waals surface area (Å²) in [5.74, 6) is 0. The van der Waals surface area contributed by atoms with E-state index in [1.165, 1.54) is 5.12 Å². The molecule has 0 fully saturated rings. The van der Waals surface area contributed by atoms with Crippen LogP contribution in [0.4, 0.5) is 0 Å². The van der Waals surface area contributed by atoms with Crippen molar-refractivity contribution in [2.75, 3.05) is 7.05 Å². The minimum absolute atomic E-state index is 0.480. The van der Waals surface area contributed by atoms with Gasteiger partial charge in [-0.2, -0.15) is 15.3 Å². The summed E-state index contributed by atoms with van der Waals surface area (Å²) < 4.78 is 0. The summed E-state index contributed by atoms with van der Waals surface area (Å²) in [4.78, 5) is 4.18. The van der Waals surface area contributed by atoms with Crippen LogP contribution in [0.15, 0.2) is 10.2 Å². The molecule has 0 saturated heterocycles. The summed E-state index contributed by atoms with van der Waals surface area (Å²) in [6, 6.07) is 0. The van der Waals surface area contributed by atoms with Gasteiger partial charge in [0.2, 0.25) is 0 Å². The van der Waals surface area contributed by atoms with Gasteiger partial charge in [0.05, 0.1) is 11.4 Å². The Kier molecular flexibility index (Phi) is 2.21. The van der Waals surface area contributed by atoms with Crippen molar-refractivity contribution in [1.29, 1.82) is 0 Å². The molecule has 0 bridgehead atoms. The number of nitrogens with zero attached hydrogens (tertiary/aromatic N) is 3. The molecule has 0 aromatic heterocycles. The van der Waals surface area contributed by atoms with E-state index in [2.05, 4.69) is 15.1 Å². The van der Waals surface area contributed by atoms with Crippen molar-refractivity contribution in [1.82, 2.24) is 5.12 Å². The molecule has 0 aromatic rings. The second kappa shape index (κ2) is 2.98. The van der Waals surface area contributed by atoms with E-state index in [1.807, 2.05) is 0 Å². The molecule has 0 unspecified atom stereocenters. The van der Waals surface area contributed by atoms with Crippen LogP contribution in [-0.2, 0) is 4.89 Å². The minimum atomic E-state index is -0.480. The van der Waals surface area contributed by atoms with Gasteiger partial charge in [-0.05, 0) is 13.8 Å². The fourth-order valence-corrected chi connectivity index (χ4v) is 1.04. The zero-order valence-electron chi connectivity index (χ0n) is 6.77. The third-order valence-corrected chi connectivity index (χ3v) is 1.47. The number of hydrazone groups is 2. The molecule has 0 aromatic carbocycles. The van der Waals surface area contributed by atoms with Gasteiger partial charge in [0, 0.05) is 7.05 Å². The van der Waals surface area contributed by atoms with E-state index in [-0.39, 0.29) is 0 Å². The molecule has 0 spiro atoms. The average molecular weight is 157 g/mol. The Morgan fingerprint density at radius 3 is 2.18 bits per heavy atom.